The molecule has 5 aromatic carbocycles. The zero-order valence-electron chi connectivity index (χ0n) is 22.9. The van der Waals surface area contributed by atoms with Crippen LogP contribution in [0.2, 0.25) is 0 Å². The van der Waals surface area contributed by atoms with E-state index in [1.165, 1.54) is 10.8 Å². The maximum atomic E-state index is 6.39. The van der Waals surface area contributed by atoms with Crippen molar-refractivity contribution in [2.24, 2.45) is 0 Å². The first kappa shape index (κ1) is 23.6. The van der Waals surface area contributed by atoms with Crippen LogP contribution < -0.4 is 9.64 Å². The second-order valence-corrected chi connectivity index (χ2v) is 10.5. The van der Waals surface area contributed by atoms with Crippen LogP contribution in [-0.2, 0) is 0 Å². The van der Waals surface area contributed by atoms with Crippen LogP contribution in [0.5, 0.6) is 11.5 Å². The standard InChI is InChI=1S/C36H24N6O/c1-3-13-31-29(11-1)30-12-2-4-14-32(30)42(31)28-23-38-40(24-28)26-17-18-36-34(22-26)41(33-15-5-6-16-35(33)43-36)27-10-7-9-25(21-27)39-20-8-19-37-39/h1-24H. The summed E-state index contributed by atoms with van der Waals surface area (Å²) in [5, 5.41) is 11.7. The first-order chi connectivity index (χ1) is 21.3. The van der Waals surface area contributed by atoms with Crippen molar-refractivity contribution in [3.8, 4) is 28.6 Å². The van der Waals surface area contributed by atoms with Crippen molar-refractivity contribution >= 4 is 38.9 Å². The van der Waals surface area contributed by atoms with Crippen molar-refractivity contribution in [3.63, 3.8) is 0 Å². The molecule has 0 saturated heterocycles. The predicted molar refractivity (Wildman–Crippen MR) is 170 cm³/mol. The number of para-hydroxylation sites is 4. The maximum absolute atomic E-state index is 6.39. The Morgan fingerprint density at radius 1 is 0.512 bits per heavy atom. The van der Waals surface area contributed by atoms with Gasteiger partial charge in [-0.1, -0.05) is 54.6 Å². The fraction of sp³-hybridized carbons (Fsp3) is 0. The van der Waals surface area contributed by atoms with Crippen LogP contribution in [0.3, 0.4) is 0 Å². The lowest BCUT2D eigenvalue weighted by Gasteiger charge is -2.33. The molecule has 0 amide bonds. The van der Waals surface area contributed by atoms with Gasteiger partial charge in [0, 0.05) is 28.9 Å². The molecule has 3 aromatic heterocycles. The topological polar surface area (TPSA) is 53.0 Å². The smallest absolute Gasteiger partial charge is 0.151 e. The van der Waals surface area contributed by atoms with Crippen molar-refractivity contribution in [2.75, 3.05) is 4.90 Å². The van der Waals surface area contributed by atoms with Crippen LogP contribution in [-0.4, -0.2) is 24.1 Å². The van der Waals surface area contributed by atoms with Gasteiger partial charge in [0.25, 0.3) is 0 Å². The van der Waals surface area contributed by atoms with Crippen molar-refractivity contribution in [1.82, 2.24) is 24.1 Å². The van der Waals surface area contributed by atoms with Gasteiger partial charge < -0.3 is 14.2 Å². The number of fused-ring (bicyclic) bond motifs is 5. The van der Waals surface area contributed by atoms with Gasteiger partial charge in [0.15, 0.2) is 11.5 Å². The lowest BCUT2D eigenvalue weighted by Crippen LogP contribution is -2.16. The summed E-state index contributed by atoms with van der Waals surface area (Å²) < 4.78 is 12.5. The highest BCUT2D eigenvalue weighted by Crippen LogP contribution is 2.51. The van der Waals surface area contributed by atoms with Crippen molar-refractivity contribution in [2.45, 2.75) is 0 Å². The fourth-order valence-electron chi connectivity index (χ4n) is 6.13. The van der Waals surface area contributed by atoms with Gasteiger partial charge in [0.1, 0.15) is 0 Å². The van der Waals surface area contributed by atoms with Crippen LogP contribution in [0.1, 0.15) is 0 Å². The van der Waals surface area contributed by atoms with E-state index in [0.717, 1.165) is 56.7 Å². The third-order valence-electron chi connectivity index (χ3n) is 8.04. The molecule has 0 fully saturated rings. The van der Waals surface area contributed by atoms with Gasteiger partial charge in [0.05, 0.1) is 51.9 Å². The average Bonchev–Trinajstić information content (AvgIpc) is 3.83. The van der Waals surface area contributed by atoms with Crippen molar-refractivity contribution in [1.29, 1.82) is 0 Å². The molecule has 8 aromatic rings. The molecule has 0 bridgehead atoms. The van der Waals surface area contributed by atoms with Gasteiger partial charge in [-0.05, 0) is 66.7 Å². The van der Waals surface area contributed by atoms with Crippen molar-refractivity contribution < 1.29 is 4.74 Å². The summed E-state index contributed by atoms with van der Waals surface area (Å²) in [4.78, 5) is 2.24. The van der Waals surface area contributed by atoms with Gasteiger partial charge in [-0.2, -0.15) is 10.2 Å². The van der Waals surface area contributed by atoms with Crippen LogP contribution >= 0.6 is 0 Å². The molecule has 4 heterocycles. The van der Waals surface area contributed by atoms with E-state index in [1.807, 2.05) is 58.2 Å². The summed E-state index contributed by atoms with van der Waals surface area (Å²) in [7, 11) is 0. The molecule has 0 N–H and O–H groups in total. The Balaban J connectivity index is 1.18. The summed E-state index contributed by atoms with van der Waals surface area (Å²) >= 11 is 0. The van der Waals surface area contributed by atoms with Crippen molar-refractivity contribution in [3.05, 3.63) is 146 Å². The highest BCUT2D eigenvalue weighted by Gasteiger charge is 2.26. The molecule has 0 radical (unpaired) electrons. The van der Waals surface area contributed by atoms with Crippen LogP contribution in [0, 0.1) is 0 Å². The zero-order valence-corrected chi connectivity index (χ0v) is 22.9. The lowest BCUT2D eigenvalue weighted by atomic mass is 10.1. The molecule has 1 aliphatic rings. The lowest BCUT2D eigenvalue weighted by molar-refractivity contribution is 0.477. The molecule has 7 nitrogen and oxygen atoms in total. The number of benzene rings is 5. The normalized spacial score (nSPS) is 12.3. The van der Waals surface area contributed by atoms with Crippen LogP contribution in [0.15, 0.2) is 146 Å². The van der Waals surface area contributed by atoms with E-state index in [-0.39, 0.29) is 0 Å². The van der Waals surface area contributed by atoms with Gasteiger partial charge in [-0.25, -0.2) is 9.36 Å². The number of rotatable bonds is 4. The zero-order chi connectivity index (χ0) is 28.3. The predicted octanol–water partition coefficient (Wildman–Crippen LogP) is 8.73. The van der Waals surface area contributed by atoms with Gasteiger partial charge >= 0.3 is 0 Å². The Hall–Kier alpha value is -6.08. The first-order valence-corrected chi connectivity index (χ1v) is 14.2. The summed E-state index contributed by atoms with van der Waals surface area (Å²) in [6, 6.07) is 41.6. The number of hydrogen-bond acceptors (Lipinski definition) is 4. The highest BCUT2D eigenvalue weighted by molar-refractivity contribution is 6.09. The van der Waals surface area contributed by atoms with Crippen LogP contribution in [0.4, 0.5) is 17.1 Å². The monoisotopic (exact) mass is 556 g/mol. The number of anilines is 3. The second kappa shape index (κ2) is 9.22. The summed E-state index contributed by atoms with van der Waals surface area (Å²) in [6.45, 7) is 0. The Kier molecular flexibility index (Phi) is 5.06. The van der Waals surface area contributed by atoms with E-state index in [0.29, 0.717) is 0 Å². The Bertz CT molecular complexity index is 2240. The van der Waals surface area contributed by atoms with E-state index in [4.69, 9.17) is 9.84 Å². The molecule has 43 heavy (non-hydrogen) atoms. The molecule has 0 saturated carbocycles. The van der Waals surface area contributed by atoms with E-state index in [9.17, 15) is 0 Å². The van der Waals surface area contributed by atoms with Gasteiger partial charge in [-0.15, -0.1) is 0 Å². The van der Waals surface area contributed by atoms with E-state index in [1.54, 1.807) is 6.20 Å². The minimum absolute atomic E-state index is 0.779. The summed E-state index contributed by atoms with van der Waals surface area (Å²) in [6.07, 6.45) is 7.75. The molecular formula is C36H24N6O. The average molecular weight is 557 g/mol. The molecule has 9 rings (SSSR count). The number of hydrogen-bond donors (Lipinski definition) is 0. The number of nitrogens with zero attached hydrogens (tertiary/aromatic N) is 6. The van der Waals surface area contributed by atoms with E-state index in [2.05, 4.69) is 106 Å². The highest BCUT2D eigenvalue weighted by atomic mass is 16.5. The van der Waals surface area contributed by atoms with Gasteiger partial charge in [-0.3, -0.25) is 0 Å². The minimum Gasteiger partial charge on any atom is -0.453 e. The van der Waals surface area contributed by atoms with Crippen LogP contribution in [0.25, 0.3) is 38.9 Å². The Morgan fingerprint density at radius 3 is 2.05 bits per heavy atom. The number of aromatic nitrogens is 5. The number of ether oxygens (including phenoxy) is 1. The SMILES string of the molecule is c1cc(N2c3ccccc3Oc3ccc(-n4cc(-n5c6ccccc6c6ccccc65)cn4)cc32)cc(-n2cccn2)c1. The quantitative estimate of drug-likeness (QED) is 0.218. The Morgan fingerprint density at radius 2 is 1.23 bits per heavy atom. The van der Waals surface area contributed by atoms with E-state index < -0.39 is 0 Å². The van der Waals surface area contributed by atoms with E-state index >= 15 is 0 Å². The maximum Gasteiger partial charge on any atom is 0.151 e. The second-order valence-electron chi connectivity index (χ2n) is 10.5. The minimum atomic E-state index is 0.779. The third-order valence-corrected chi connectivity index (χ3v) is 8.04. The fourth-order valence-corrected chi connectivity index (χ4v) is 6.13. The first-order valence-electron chi connectivity index (χ1n) is 14.2. The molecule has 0 aliphatic carbocycles. The molecule has 7 heteroatoms. The summed E-state index contributed by atoms with van der Waals surface area (Å²) in [5.74, 6) is 1.58. The largest absolute Gasteiger partial charge is 0.453 e. The van der Waals surface area contributed by atoms with Gasteiger partial charge in [0.2, 0.25) is 0 Å². The molecule has 0 atom stereocenters. The molecule has 204 valence electrons. The Labute approximate surface area is 247 Å². The summed E-state index contributed by atoms with van der Waals surface area (Å²) in [5.41, 5.74) is 8.13. The molecule has 1 aliphatic heterocycles. The molecule has 0 unspecified atom stereocenters. The molecule has 0 spiro atoms. The molecular weight excluding hydrogens is 532 g/mol. The third kappa shape index (κ3) is 3.68.